The smallest absolute Gasteiger partial charge is 0.313 e. The number of likely N-dealkylation sites (tertiary alicyclic amines) is 1. The van der Waals surface area contributed by atoms with Gasteiger partial charge in [0.05, 0.1) is 11.6 Å². The normalized spacial score (nSPS) is 21.8. The van der Waals surface area contributed by atoms with E-state index in [1.54, 1.807) is 4.90 Å². The number of carbonyl (C=O) groups excluding carboxylic acids is 1. The van der Waals surface area contributed by atoms with Crippen LogP contribution in [0.15, 0.2) is 11.4 Å². The fraction of sp³-hybridized carbons (Fsp3) is 0.600. The maximum atomic E-state index is 12.4. The van der Waals surface area contributed by atoms with E-state index in [0.29, 0.717) is 37.3 Å². The van der Waals surface area contributed by atoms with Crippen molar-refractivity contribution in [2.45, 2.75) is 25.7 Å². The molecule has 2 rings (SSSR count). The molecule has 0 aromatic carbocycles. The van der Waals surface area contributed by atoms with E-state index in [1.807, 2.05) is 11.4 Å². The number of aliphatic carboxylic acids is 1. The Bertz CT molecular complexity index is 543. The van der Waals surface area contributed by atoms with Crippen molar-refractivity contribution in [1.82, 2.24) is 4.90 Å². The molecule has 1 aromatic rings. The van der Waals surface area contributed by atoms with Crippen LogP contribution in [0.2, 0.25) is 5.02 Å². The number of carboxylic acids is 1. The molecule has 2 heterocycles. The second-order valence-electron chi connectivity index (χ2n) is 5.67. The van der Waals surface area contributed by atoms with Crippen LogP contribution in [0, 0.1) is 5.41 Å². The van der Waals surface area contributed by atoms with Gasteiger partial charge in [0.25, 0.3) is 0 Å². The molecule has 7 heteroatoms. The molecule has 1 atom stereocenters. The van der Waals surface area contributed by atoms with Crippen LogP contribution in [0.5, 0.6) is 0 Å². The fourth-order valence-corrected chi connectivity index (χ4v) is 3.93. The monoisotopic (exact) mass is 345 g/mol. The van der Waals surface area contributed by atoms with Crippen LogP contribution < -0.4 is 0 Å². The number of halogens is 1. The maximum absolute atomic E-state index is 12.4. The highest BCUT2D eigenvalue weighted by atomic mass is 35.5. The number of amides is 1. The van der Waals surface area contributed by atoms with E-state index in [-0.39, 0.29) is 19.1 Å². The van der Waals surface area contributed by atoms with Crippen LogP contribution in [0.4, 0.5) is 0 Å². The van der Waals surface area contributed by atoms with Crippen molar-refractivity contribution in [2.75, 3.05) is 26.8 Å². The molecule has 0 saturated carbocycles. The molecule has 1 aromatic heterocycles. The highest BCUT2D eigenvalue weighted by Gasteiger charge is 2.43. The predicted octanol–water partition coefficient (Wildman–Crippen LogP) is 2.67. The summed E-state index contributed by atoms with van der Waals surface area (Å²) in [7, 11) is 1.49. The highest BCUT2D eigenvalue weighted by molar-refractivity contribution is 7.10. The van der Waals surface area contributed by atoms with E-state index in [1.165, 1.54) is 18.4 Å². The van der Waals surface area contributed by atoms with Gasteiger partial charge in [-0.05, 0) is 25.3 Å². The van der Waals surface area contributed by atoms with Gasteiger partial charge in [0.15, 0.2) is 0 Å². The molecule has 1 N–H and O–H groups in total. The number of hydrogen-bond donors (Lipinski definition) is 1. The standard InChI is InChI=1S/C15H20ClNO4S/c1-21-10-15(14(19)20)5-2-6-17(9-15)13(18)4-3-12-7-11(16)8-22-12/h7-8H,2-6,9-10H2,1H3,(H,19,20). The first-order valence-electron chi connectivity index (χ1n) is 7.20. The van der Waals surface area contributed by atoms with E-state index in [0.717, 1.165) is 4.88 Å². The van der Waals surface area contributed by atoms with Crippen LogP contribution in [0.25, 0.3) is 0 Å². The lowest BCUT2D eigenvalue weighted by Crippen LogP contribution is -2.52. The van der Waals surface area contributed by atoms with Crippen LogP contribution in [-0.4, -0.2) is 48.7 Å². The Labute approximate surface area is 138 Å². The molecular weight excluding hydrogens is 326 g/mol. The molecule has 22 heavy (non-hydrogen) atoms. The molecule has 0 spiro atoms. The molecule has 1 aliphatic rings. The zero-order chi connectivity index (χ0) is 16.2. The lowest BCUT2D eigenvalue weighted by Gasteiger charge is -2.39. The van der Waals surface area contributed by atoms with Gasteiger partial charge in [0.2, 0.25) is 5.91 Å². The van der Waals surface area contributed by atoms with Gasteiger partial charge >= 0.3 is 5.97 Å². The van der Waals surface area contributed by atoms with E-state index >= 15 is 0 Å². The summed E-state index contributed by atoms with van der Waals surface area (Å²) in [4.78, 5) is 26.7. The first-order chi connectivity index (χ1) is 10.5. The van der Waals surface area contributed by atoms with Crippen molar-refractivity contribution in [2.24, 2.45) is 5.41 Å². The Morgan fingerprint density at radius 2 is 2.32 bits per heavy atom. The number of piperidine rings is 1. The Kier molecular flexibility index (Phi) is 5.83. The minimum atomic E-state index is -0.977. The van der Waals surface area contributed by atoms with Crippen molar-refractivity contribution in [3.8, 4) is 0 Å². The minimum Gasteiger partial charge on any atom is -0.481 e. The largest absolute Gasteiger partial charge is 0.481 e. The van der Waals surface area contributed by atoms with Gasteiger partial charge in [-0.25, -0.2) is 0 Å². The van der Waals surface area contributed by atoms with Crippen LogP contribution in [-0.2, 0) is 20.7 Å². The second-order valence-corrected chi connectivity index (χ2v) is 7.10. The number of hydrogen-bond acceptors (Lipinski definition) is 4. The maximum Gasteiger partial charge on any atom is 0.313 e. The van der Waals surface area contributed by atoms with E-state index in [9.17, 15) is 14.7 Å². The average Bonchev–Trinajstić information content (AvgIpc) is 2.91. The zero-order valence-corrected chi connectivity index (χ0v) is 14.1. The molecule has 1 aliphatic heterocycles. The number of nitrogens with zero attached hydrogens (tertiary/aromatic N) is 1. The highest BCUT2D eigenvalue weighted by Crippen LogP contribution is 2.31. The van der Waals surface area contributed by atoms with E-state index in [2.05, 4.69) is 0 Å². The molecular formula is C15H20ClNO4S. The molecule has 0 aliphatic carbocycles. The zero-order valence-electron chi connectivity index (χ0n) is 12.5. The number of methoxy groups -OCH3 is 1. The summed E-state index contributed by atoms with van der Waals surface area (Å²) >= 11 is 7.40. The van der Waals surface area contributed by atoms with Crippen molar-refractivity contribution in [1.29, 1.82) is 0 Å². The Hall–Kier alpha value is -1.11. The van der Waals surface area contributed by atoms with Crippen molar-refractivity contribution in [3.05, 3.63) is 21.3 Å². The first kappa shape index (κ1) is 17.2. The topological polar surface area (TPSA) is 66.8 Å². The first-order valence-corrected chi connectivity index (χ1v) is 8.46. The van der Waals surface area contributed by atoms with Crippen molar-refractivity contribution >= 4 is 34.8 Å². The third kappa shape index (κ3) is 4.00. The van der Waals surface area contributed by atoms with Gasteiger partial charge in [0.1, 0.15) is 5.41 Å². The molecule has 1 amide bonds. The number of rotatable bonds is 6. The van der Waals surface area contributed by atoms with Crippen LogP contribution in [0.1, 0.15) is 24.1 Å². The number of carbonyl (C=O) groups is 2. The van der Waals surface area contributed by atoms with Crippen molar-refractivity contribution in [3.63, 3.8) is 0 Å². The van der Waals surface area contributed by atoms with Gasteiger partial charge in [-0.2, -0.15) is 0 Å². The van der Waals surface area contributed by atoms with Gasteiger partial charge < -0.3 is 14.7 Å². The quantitative estimate of drug-likeness (QED) is 0.860. The molecule has 0 bridgehead atoms. The predicted molar refractivity (Wildman–Crippen MR) is 85.4 cm³/mol. The Morgan fingerprint density at radius 1 is 1.55 bits per heavy atom. The van der Waals surface area contributed by atoms with Gasteiger partial charge in [-0.1, -0.05) is 11.6 Å². The minimum absolute atomic E-state index is 0.00838. The summed E-state index contributed by atoms with van der Waals surface area (Å²) in [6.07, 6.45) is 2.24. The summed E-state index contributed by atoms with van der Waals surface area (Å²) in [5, 5.41) is 12.0. The van der Waals surface area contributed by atoms with Crippen LogP contribution in [0.3, 0.4) is 0 Å². The number of thiophene rings is 1. The van der Waals surface area contributed by atoms with Crippen molar-refractivity contribution < 1.29 is 19.4 Å². The summed E-state index contributed by atoms with van der Waals surface area (Å²) in [5.41, 5.74) is -0.977. The summed E-state index contributed by atoms with van der Waals surface area (Å²) in [6, 6.07) is 1.86. The second kappa shape index (κ2) is 7.44. The molecule has 1 unspecified atom stereocenters. The van der Waals surface area contributed by atoms with Gasteiger partial charge in [-0.3, -0.25) is 9.59 Å². The third-order valence-electron chi connectivity index (χ3n) is 4.01. The molecule has 1 saturated heterocycles. The number of aryl methyl sites for hydroxylation is 1. The van der Waals surface area contributed by atoms with E-state index in [4.69, 9.17) is 16.3 Å². The molecule has 122 valence electrons. The van der Waals surface area contributed by atoms with E-state index < -0.39 is 11.4 Å². The molecule has 5 nitrogen and oxygen atoms in total. The SMILES string of the molecule is COCC1(C(=O)O)CCCN(C(=O)CCc2cc(Cl)cs2)C1. The fourth-order valence-electron chi connectivity index (χ4n) is 2.85. The summed E-state index contributed by atoms with van der Waals surface area (Å²) in [5.74, 6) is -0.900. The van der Waals surface area contributed by atoms with Crippen LogP contribution >= 0.6 is 22.9 Å². The third-order valence-corrected chi connectivity index (χ3v) is 5.36. The summed E-state index contributed by atoms with van der Waals surface area (Å²) < 4.78 is 5.07. The summed E-state index contributed by atoms with van der Waals surface area (Å²) in [6.45, 7) is 0.968. The van der Waals surface area contributed by atoms with Gasteiger partial charge in [-0.15, -0.1) is 11.3 Å². The Balaban J connectivity index is 1.95. The number of carboxylic acid groups (broad SMARTS) is 1. The lowest BCUT2D eigenvalue weighted by atomic mass is 9.80. The lowest BCUT2D eigenvalue weighted by molar-refractivity contribution is -0.159. The average molecular weight is 346 g/mol. The molecule has 1 fully saturated rings. The van der Waals surface area contributed by atoms with Gasteiger partial charge in [0, 0.05) is 36.9 Å². The molecule has 0 radical (unpaired) electrons. The Morgan fingerprint density at radius 3 is 2.91 bits per heavy atom. The number of ether oxygens (including phenoxy) is 1.